The van der Waals surface area contributed by atoms with E-state index in [0.717, 1.165) is 5.56 Å². The predicted octanol–water partition coefficient (Wildman–Crippen LogP) is 2.81. The number of hydrogen-bond acceptors (Lipinski definition) is 1. The summed E-state index contributed by atoms with van der Waals surface area (Å²) in [6.45, 7) is 4.22. The number of nitrogens with zero attached hydrogens (tertiary/aromatic N) is 1. The van der Waals surface area contributed by atoms with Crippen LogP contribution in [-0.4, -0.2) is 15.6 Å². The van der Waals surface area contributed by atoms with Gasteiger partial charge in [-0.15, -0.1) is 0 Å². The molecule has 0 atom stereocenters. The molecule has 0 amide bonds. The average molecular weight is 231 g/mol. The van der Waals surface area contributed by atoms with Gasteiger partial charge >= 0.3 is 5.97 Å². The second-order valence-corrected chi connectivity index (χ2v) is 4.51. The van der Waals surface area contributed by atoms with Gasteiger partial charge in [0.25, 0.3) is 0 Å². The number of aromatic nitrogens is 1. The van der Waals surface area contributed by atoms with E-state index in [9.17, 15) is 4.79 Å². The van der Waals surface area contributed by atoms with Crippen LogP contribution < -0.4 is 0 Å². The molecule has 0 aliphatic rings. The predicted molar refractivity (Wildman–Crippen MR) is 68.3 cm³/mol. The van der Waals surface area contributed by atoms with E-state index < -0.39 is 5.97 Å². The Morgan fingerprint density at radius 2 is 2.06 bits per heavy atom. The molecule has 90 valence electrons. The highest BCUT2D eigenvalue weighted by Crippen LogP contribution is 2.25. The third-order valence-electron chi connectivity index (χ3n) is 3.50. The summed E-state index contributed by atoms with van der Waals surface area (Å²) in [5.41, 5.74) is 4.83. The molecule has 0 bridgehead atoms. The fourth-order valence-corrected chi connectivity index (χ4v) is 2.21. The minimum atomic E-state index is -0.746. The van der Waals surface area contributed by atoms with Gasteiger partial charge in [-0.25, -0.2) is 0 Å². The molecule has 0 aliphatic heterocycles. The van der Waals surface area contributed by atoms with Crippen LogP contribution in [0.3, 0.4) is 0 Å². The molecule has 0 saturated carbocycles. The molecule has 1 heterocycles. The number of carboxylic acid groups (broad SMARTS) is 1. The zero-order valence-electron chi connectivity index (χ0n) is 10.4. The summed E-state index contributed by atoms with van der Waals surface area (Å²) in [5, 5.41) is 9.94. The van der Waals surface area contributed by atoms with Crippen molar-refractivity contribution in [2.24, 2.45) is 7.05 Å². The molecule has 1 aromatic carbocycles. The summed E-state index contributed by atoms with van der Waals surface area (Å²) >= 11 is 0. The zero-order valence-corrected chi connectivity index (χ0v) is 10.4. The van der Waals surface area contributed by atoms with Crippen molar-refractivity contribution in [3.63, 3.8) is 0 Å². The molecule has 2 aromatic rings. The minimum Gasteiger partial charge on any atom is -0.481 e. The lowest BCUT2D eigenvalue weighted by Gasteiger charge is -2.02. The van der Waals surface area contributed by atoms with Crippen LogP contribution in [0.2, 0.25) is 0 Å². The summed E-state index contributed by atoms with van der Waals surface area (Å²) in [6, 6.07) is 6.21. The highest BCUT2D eigenvalue weighted by Gasteiger charge is 2.08. The maximum Gasteiger partial charge on any atom is 0.303 e. The Morgan fingerprint density at radius 3 is 2.71 bits per heavy atom. The number of rotatable bonds is 3. The largest absolute Gasteiger partial charge is 0.481 e. The number of aliphatic carboxylic acids is 1. The Kier molecular flexibility index (Phi) is 2.92. The van der Waals surface area contributed by atoms with Gasteiger partial charge in [0.15, 0.2) is 0 Å². The minimum absolute atomic E-state index is 0.188. The summed E-state index contributed by atoms with van der Waals surface area (Å²) in [6.07, 6.45) is 0.780. The Bertz CT molecular complexity index is 581. The van der Waals surface area contributed by atoms with Gasteiger partial charge in [0, 0.05) is 30.1 Å². The molecular formula is C14H17NO2. The SMILES string of the molecule is Cc1c(C)n(C)c2cc(CCC(=O)O)ccc12. The van der Waals surface area contributed by atoms with Crippen LogP contribution in [0, 0.1) is 13.8 Å². The highest BCUT2D eigenvalue weighted by molar-refractivity contribution is 5.85. The third kappa shape index (κ3) is 2.05. The molecule has 17 heavy (non-hydrogen) atoms. The lowest BCUT2D eigenvalue weighted by molar-refractivity contribution is -0.136. The molecule has 3 heteroatoms. The quantitative estimate of drug-likeness (QED) is 0.882. The van der Waals surface area contributed by atoms with Crippen molar-refractivity contribution in [1.29, 1.82) is 0 Å². The lowest BCUT2D eigenvalue weighted by atomic mass is 10.1. The molecule has 0 radical (unpaired) electrons. The summed E-state index contributed by atoms with van der Waals surface area (Å²) in [5.74, 6) is -0.746. The first kappa shape index (κ1) is 11.7. The van der Waals surface area contributed by atoms with E-state index in [1.54, 1.807) is 0 Å². The number of carbonyl (C=O) groups is 1. The number of fused-ring (bicyclic) bond motifs is 1. The number of carboxylic acids is 1. The van der Waals surface area contributed by atoms with Crippen molar-refractivity contribution < 1.29 is 9.90 Å². The summed E-state index contributed by atoms with van der Waals surface area (Å²) in [4.78, 5) is 10.6. The molecule has 0 unspecified atom stereocenters. The number of benzene rings is 1. The van der Waals surface area contributed by atoms with Gasteiger partial charge in [-0.1, -0.05) is 12.1 Å². The van der Waals surface area contributed by atoms with Gasteiger partial charge in [0.1, 0.15) is 0 Å². The van der Waals surface area contributed by atoms with E-state index in [1.165, 1.54) is 22.2 Å². The van der Waals surface area contributed by atoms with Crippen molar-refractivity contribution in [3.05, 3.63) is 35.0 Å². The third-order valence-corrected chi connectivity index (χ3v) is 3.50. The smallest absolute Gasteiger partial charge is 0.303 e. The zero-order chi connectivity index (χ0) is 12.6. The van der Waals surface area contributed by atoms with Crippen molar-refractivity contribution in [1.82, 2.24) is 4.57 Å². The highest BCUT2D eigenvalue weighted by atomic mass is 16.4. The van der Waals surface area contributed by atoms with Gasteiger partial charge in [-0.05, 0) is 37.5 Å². The van der Waals surface area contributed by atoms with E-state index in [1.807, 2.05) is 13.1 Å². The van der Waals surface area contributed by atoms with E-state index in [4.69, 9.17) is 5.11 Å². The van der Waals surface area contributed by atoms with Crippen LogP contribution >= 0.6 is 0 Å². The van der Waals surface area contributed by atoms with E-state index >= 15 is 0 Å². The molecule has 1 aromatic heterocycles. The van der Waals surface area contributed by atoms with Crippen LogP contribution in [0.25, 0.3) is 10.9 Å². The van der Waals surface area contributed by atoms with Crippen molar-refractivity contribution in [2.45, 2.75) is 26.7 Å². The fourth-order valence-electron chi connectivity index (χ4n) is 2.21. The molecule has 1 N–H and O–H groups in total. The Hall–Kier alpha value is -1.77. The first-order valence-corrected chi connectivity index (χ1v) is 5.77. The summed E-state index contributed by atoms with van der Waals surface area (Å²) in [7, 11) is 2.05. The average Bonchev–Trinajstić information content (AvgIpc) is 2.52. The van der Waals surface area contributed by atoms with Crippen LogP contribution in [0.4, 0.5) is 0 Å². The lowest BCUT2D eigenvalue weighted by Crippen LogP contribution is -1.97. The van der Waals surface area contributed by atoms with Crippen LogP contribution in [0.1, 0.15) is 23.2 Å². The maximum absolute atomic E-state index is 10.6. The topological polar surface area (TPSA) is 42.2 Å². The fraction of sp³-hybridized carbons (Fsp3) is 0.357. The van der Waals surface area contributed by atoms with Gasteiger partial charge in [-0.3, -0.25) is 4.79 Å². The normalized spacial score (nSPS) is 11.0. The summed E-state index contributed by atoms with van der Waals surface area (Å²) < 4.78 is 2.16. The van der Waals surface area contributed by atoms with Crippen LogP contribution in [0.5, 0.6) is 0 Å². The molecule has 2 rings (SSSR count). The van der Waals surface area contributed by atoms with Crippen molar-refractivity contribution in [3.8, 4) is 0 Å². The Labute approximate surface area is 101 Å². The molecule has 0 saturated heterocycles. The maximum atomic E-state index is 10.6. The van der Waals surface area contributed by atoms with Crippen molar-refractivity contribution >= 4 is 16.9 Å². The van der Waals surface area contributed by atoms with Crippen LogP contribution in [0.15, 0.2) is 18.2 Å². The van der Waals surface area contributed by atoms with Crippen LogP contribution in [-0.2, 0) is 18.3 Å². The standard InChI is InChI=1S/C14H17NO2/c1-9-10(2)15(3)13-8-11(4-6-12(9)13)5-7-14(16)17/h4,6,8H,5,7H2,1-3H3,(H,16,17). The van der Waals surface area contributed by atoms with Crippen molar-refractivity contribution in [2.75, 3.05) is 0 Å². The Balaban J connectivity index is 2.43. The molecule has 0 aliphatic carbocycles. The molecule has 0 fully saturated rings. The van der Waals surface area contributed by atoms with Gasteiger partial charge < -0.3 is 9.67 Å². The molecule has 3 nitrogen and oxygen atoms in total. The molecule has 0 spiro atoms. The first-order chi connectivity index (χ1) is 8.00. The first-order valence-electron chi connectivity index (χ1n) is 5.77. The molecular weight excluding hydrogens is 214 g/mol. The van der Waals surface area contributed by atoms with E-state index in [2.05, 4.69) is 30.5 Å². The second kappa shape index (κ2) is 4.24. The number of aryl methyl sites for hydroxylation is 3. The second-order valence-electron chi connectivity index (χ2n) is 4.51. The Morgan fingerprint density at radius 1 is 1.35 bits per heavy atom. The van der Waals surface area contributed by atoms with E-state index in [0.29, 0.717) is 6.42 Å². The monoisotopic (exact) mass is 231 g/mol. The van der Waals surface area contributed by atoms with E-state index in [-0.39, 0.29) is 6.42 Å². The van der Waals surface area contributed by atoms with Gasteiger partial charge in [0.05, 0.1) is 0 Å². The van der Waals surface area contributed by atoms with Gasteiger partial charge in [0.2, 0.25) is 0 Å². The van der Waals surface area contributed by atoms with Gasteiger partial charge in [-0.2, -0.15) is 0 Å². The number of hydrogen-bond donors (Lipinski definition) is 1.